The van der Waals surface area contributed by atoms with Crippen LogP contribution in [0.2, 0.25) is 0 Å². The minimum atomic E-state index is -0.361. The van der Waals surface area contributed by atoms with Crippen LogP contribution in [0.3, 0.4) is 0 Å². The van der Waals surface area contributed by atoms with E-state index < -0.39 is 0 Å². The molecular weight excluding hydrogens is 348 g/mol. The van der Waals surface area contributed by atoms with Gasteiger partial charge in [0.05, 0.1) is 6.04 Å². The highest BCUT2D eigenvalue weighted by molar-refractivity contribution is 6.13. The maximum Gasteiger partial charge on any atom is 0.407 e. The van der Waals surface area contributed by atoms with Gasteiger partial charge in [-0.05, 0) is 47.7 Å². The number of nitrogens with zero attached hydrogens (tertiary/aromatic N) is 1. The zero-order chi connectivity index (χ0) is 18.0. The van der Waals surface area contributed by atoms with Crippen molar-refractivity contribution in [3.8, 4) is 0 Å². The third-order valence-corrected chi connectivity index (χ3v) is 6.01. The molecule has 0 saturated carbocycles. The van der Waals surface area contributed by atoms with Gasteiger partial charge < -0.3 is 10.1 Å². The van der Waals surface area contributed by atoms with Crippen LogP contribution in [0.4, 0.5) is 4.79 Å². The van der Waals surface area contributed by atoms with Crippen LogP contribution in [0.15, 0.2) is 54.6 Å². The molecule has 26 heavy (non-hydrogen) atoms. The van der Waals surface area contributed by atoms with Crippen LogP contribution in [-0.4, -0.2) is 23.6 Å². The lowest BCUT2D eigenvalue weighted by atomic mass is 9.74. The molecule has 1 spiro atoms. The van der Waals surface area contributed by atoms with Gasteiger partial charge in [-0.3, -0.25) is 0 Å². The highest BCUT2D eigenvalue weighted by atomic mass is 35.5. The van der Waals surface area contributed by atoms with Gasteiger partial charge in [-0.1, -0.05) is 54.6 Å². The van der Waals surface area contributed by atoms with E-state index in [1.165, 1.54) is 11.1 Å². The fraction of sp³-hybridized carbons (Fsp3) is 0.381. The van der Waals surface area contributed by atoms with E-state index in [-0.39, 0.29) is 24.2 Å². The highest BCUT2D eigenvalue weighted by Gasteiger charge is 2.45. The molecule has 2 aromatic rings. The largest absolute Gasteiger partial charge is 0.445 e. The summed E-state index contributed by atoms with van der Waals surface area (Å²) in [5.41, 5.74) is 3.67. The molecule has 4 rings (SSSR count). The number of amides is 1. The van der Waals surface area contributed by atoms with E-state index in [0.717, 1.165) is 37.9 Å². The number of carbonyl (C=O) groups excluding carboxylic acids is 1. The second kappa shape index (κ2) is 7.29. The molecule has 5 heteroatoms. The van der Waals surface area contributed by atoms with Gasteiger partial charge in [0.15, 0.2) is 0 Å². The van der Waals surface area contributed by atoms with Crippen LogP contribution in [0.5, 0.6) is 0 Å². The molecule has 136 valence electrons. The zero-order valence-corrected chi connectivity index (χ0v) is 15.4. The molecule has 0 aromatic heterocycles. The van der Waals surface area contributed by atoms with Crippen molar-refractivity contribution in [3.05, 3.63) is 71.3 Å². The fourth-order valence-electron chi connectivity index (χ4n) is 4.31. The number of ether oxygens (including phenoxy) is 1. The lowest BCUT2D eigenvalue weighted by molar-refractivity contribution is 0.133. The van der Waals surface area contributed by atoms with E-state index in [1.807, 2.05) is 40.8 Å². The van der Waals surface area contributed by atoms with Crippen LogP contribution in [0.25, 0.3) is 0 Å². The Morgan fingerprint density at radius 2 is 1.81 bits per heavy atom. The molecule has 0 radical (unpaired) electrons. The monoisotopic (exact) mass is 370 g/mol. The summed E-state index contributed by atoms with van der Waals surface area (Å²) in [5, 5.41) is 3.08. The Labute approximate surface area is 159 Å². The third kappa shape index (κ3) is 3.44. The first-order valence-corrected chi connectivity index (χ1v) is 9.47. The number of carbonyl (C=O) groups is 1. The predicted octanol–water partition coefficient (Wildman–Crippen LogP) is 4.55. The number of piperidine rings is 1. The third-order valence-electron chi connectivity index (χ3n) is 5.67. The number of alkyl carbamates (subject to hydrolysis) is 1. The number of nitrogens with one attached hydrogen (secondary N) is 1. The molecule has 1 saturated heterocycles. The quantitative estimate of drug-likeness (QED) is 0.806. The van der Waals surface area contributed by atoms with Gasteiger partial charge in [-0.2, -0.15) is 0 Å². The molecule has 1 unspecified atom stereocenters. The first-order chi connectivity index (χ1) is 12.7. The SMILES string of the molecule is O=C(NC1CC2(CCN(Cl)CC2)c2ccccc21)OCc1ccccc1. The van der Waals surface area contributed by atoms with Gasteiger partial charge in [-0.25, -0.2) is 9.21 Å². The average Bonchev–Trinajstić information content (AvgIpc) is 2.97. The average molecular weight is 371 g/mol. The molecule has 1 fully saturated rings. The number of hydrogen-bond donors (Lipinski definition) is 1. The summed E-state index contributed by atoms with van der Waals surface area (Å²) in [4.78, 5) is 12.3. The summed E-state index contributed by atoms with van der Waals surface area (Å²) in [5.74, 6) is 0. The van der Waals surface area contributed by atoms with Crippen molar-refractivity contribution in [3.63, 3.8) is 0 Å². The Kier molecular flexibility index (Phi) is 4.88. The van der Waals surface area contributed by atoms with E-state index in [9.17, 15) is 4.79 Å². The van der Waals surface area contributed by atoms with Crippen molar-refractivity contribution < 1.29 is 9.53 Å². The smallest absolute Gasteiger partial charge is 0.407 e. The van der Waals surface area contributed by atoms with Crippen molar-refractivity contribution in [1.82, 2.24) is 9.74 Å². The molecule has 1 N–H and O–H groups in total. The summed E-state index contributed by atoms with van der Waals surface area (Å²) in [6.45, 7) is 2.04. The minimum absolute atomic E-state index is 0.00338. The summed E-state index contributed by atoms with van der Waals surface area (Å²) in [6.07, 6.45) is 2.59. The van der Waals surface area contributed by atoms with Crippen LogP contribution in [0, 0.1) is 0 Å². The van der Waals surface area contributed by atoms with E-state index in [2.05, 4.69) is 23.5 Å². The number of rotatable bonds is 3. The number of halogens is 1. The molecule has 2 aromatic carbocycles. The van der Waals surface area contributed by atoms with Crippen LogP contribution in [0.1, 0.15) is 42.0 Å². The molecule has 1 aliphatic carbocycles. The van der Waals surface area contributed by atoms with Crippen LogP contribution >= 0.6 is 11.8 Å². The number of benzene rings is 2. The Balaban J connectivity index is 1.45. The Morgan fingerprint density at radius 1 is 1.12 bits per heavy atom. The molecular formula is C21H23ClN2O2. The van der Waals surface area contributed by atoms with Crippen molar-refractivity contribution >= 4 is 17.9 Å². The summed E-state index contributed by atoms with van der Waals surface area (Å²) >= 11 is 6.17. The second-order valence-corrected chi connectivity index (χ2v) is 7.72. The highest BCUT2D eigenvalue weighted by Crippen LogP contribution is 2.50. The lowest BCUT2D eigenvalue weighted by Gasteiger charge is -2.37. The van der Waals surface area contributed by atoms with E-state index >= 15 is 0 Å². The van der Waals surface area contributed by atoms with Crippen molar-refractivity contribution in [2.24, 2.45) is 0 Å². The van der Waals surface area contributed by atoms with E-state index in [0.29, 0.717) is 0 Å². The lowest BCUT2D eigenvalue weighted by Crippen LogP contribution is -2.38. The normalized spacial score (nSPS) is 21.3. The minimum Gasteiger partial charge on any atom is -0.445 e. The maximum absolute atomic E-state index is 12.3. The molecule has 0 bridgehead atoms. The topological polar surface area (TPSA) is 41.6 Å². The van der Waals surface area contributed by atoms with Gasteiger partial charge in [0.25, 0.3) is 0 Å². The van der Waals surface area contributed by atoms with Crippen LogP contribution < -0.4 is 5.32 Å². The first kappa shape index (κ1) is 17.4. The maximum atomic E-state index is 12.3. The summed E-state index contributed by atoms with van der Waals surface area (Å²) in [7, 11) is 0. The molecule has 1 heterocycles. The predicted molar refractivity (Wildman–Crippen MR) is 102 cm³/mol. The van der Waals surface area contributed by atoms with Gasteiger partial charge in [0.2, 0.25) is 0 Å². The zero-order valence-electron chi connectivity index (χ0n) is 14.7. The van der Waals surface area contributed by atoms with Crippen molar-refractivity contribution in [2.75, 3.05) is 13.1 Å². The summed E-state index contributed by atoms with van der Waals surface area (Å²) < 4.78 is 7.28. The first-order valence-electron chi connectivity index (χ1n) is 9.14. The van der Waals surface area contributed by atoms with Gasteiger partial charge in [0.1, 0.15) is 6.61 Å². The Hall–Kier alpha value is -2.04. The van der Waals surface area contributed by atoms with E-state index in [1.54, 1.807) is 0 Å². The Bertz CT molecular complexity index is 773. The van der Waals surface area contributed by atoms with Crippen molar-refractivity contribution in [2.45, 2.75) is 37.3 Å². The number of fused-ring (bicyclic) bond motifs is 2. The number of hydrogen-bond acceptors (Lipinski definition) is 3. The standard InChI is InChI=1S/C21H23ClN2O2/c22-24-12-10-21(11-13-24)14-19(17-8-4-5-9-18(17)21)23-20(25)26-15-16-6-2-1-3-7-16/h1-9,19H,10-15H2,(H,23,25). The van der Waals surface area contributed by atoms with Crippen LogP contribution in [-0.2, 0) is 16.8 Å². The molecule has 1 amide bonds. The fourth-order valence-corrected chi connectivity index (χ4v) is 4.48. The van der Waals surface area contributed by atoms with Crippen molar-refractivity contribution in [1.29, 1.82) is 0 Å². The second-order valence-electron chi connectivity index (χ2n) is 7.24. The Morgan fingerprint density at radius 3 is 2.58 bits per heavy atom. The molecule has 1 aliphatic heterocycles. The van der Waals surface area contributed by atoms with Gasteiger partial charge >= 0.3 is 6.09 Å². The van der Waals surface area contributed by atoms with Gasteiger partial charge in [0, 0.05) is 18.5 Å². The summed E-state index contributed by atoms with van der Waals surface area (Å²) in [6, 6.07) is 18.2. The van der Waals surface area contributed by atoms with Gasteiger partial charge in [-0.15, -0.1) is 0 Å². The molecule has 4 nitrogen and oxygen atoms in total. The molecule has 2 aliphatic rings. The molecule has 1 atom stereocenters. The van der Waals surface area contributed by atoms with E-state index in [4.69, 9.17) is 16.5 Å².